The summed E-state index contributed by atoms with van der Waals surface area (Å²) < 4.78 is 5.71. The Hall–Kier alpha value is -1.13. The van der Waals surface area contributed by atoms with Gasteiger partial charge in [0.25, 0.3) is 0 Å². The van der Waals surface area contributed by atoms with E-state index in [1.807, 2.05) is 18.3 Å². The molecule has 0 spiro atoms. The number of morpholine rings is 1. The molecule has 0 aliphatic carbocycles. The molecular formula is C12H19N3O. The van der Waals surface area contributed by atoms with Crippen LogP contribution in [0, 0.1) is 0 Å². The van der Waals surface area contributed by atoms with Crippen LogP contribution in [-0.2, 0) is 11.3 Å². The highest BCUT2D eigenvalue weighted by Crippen LogP contribution is 2.21. The molecule has 2 unspecified atom stereocenters. The monoisotopic (exact) mass is 221 g/mol. The van der Waals surface area contributed by atoms with Crippen LogP contribution in [0.1, 0.15) is 19.4 Å². The van der Waals surface area contributed by atoms with Gasteiger partial charge < -0.3 is 15.4 Å². The highest BCUT2D eigenvalue weighted by Gasteiger charge is 2.24. The molecule has 2 N–H and O–H groups in total. The molecule has 0 saturated carbocycles. The average molecular weight is 221 g/mol. The summed E-state index contributed by atoms with van der Waals surface area (Å²) >= 11 is 0. The van der Waals surface area contributed by atoms with Crippen LogP contribution >= 0.6 is 0 Å². The summed E-state index contributed by atoms with van der Waals surface area (Å²) in [6.07, 6.45) is 2.31. The summed E-state index contributed by atoms with van der Waals surface area (Å²) in [6.45, 7) is 6.48. The van der Waals surface area contributed by atoms with E-state index in [0.717, 1.165) is 24.5 Å². The molecule has 88 valence electrons. The van der Waals surface area contributed by atoms with Crippen LogP contribution in [0.5, 0.6) is 0 Å². The molecule has 4 nitrogen and oxygen atoms in total. The molecule has 16 heavy (non-hydrogen) atoms. The Balaban J connectivity index is 2.22. The fourth-order valence-electron chi connectivity index (χ4n) is 2.23. The Kier molecular flexibility index (Phi) is 3.41. The van der Waals surface area contributed by atoms with Gasteiger partial charge in [0, 0.05) is 31.4 Å². The van der Waals surface area contributed by atoms with E-state index in [2.05, 4.69) is 23.7 Å². The van der Waals surface area contributed by atoms with Crippen molar-refractivity contribution in [2.45, 2.75) is 32.6 Å². The molecule has 1 aliphatic rings. The number of rotatable bonds is 2. The minimum Gasteiger partial charge on any atom is -0.372 e. The standard InChI is InChI=1S/C12H19N3O/c1-9-7-15(8-10(2)16-9)12-11(6-13)4-3-5-14-12/h3-5,9-10H,6-8,13H2,1-2H3. The number of ether oxygens (including phenoxy) is 1. The minimum atomic E-state index is 0.247. The molecule has 0 bridgehead atoms. The Morgan fingerprint density at radius 2 is 2.12 bits per heavy atom. The number of pyridine rings is 1. The van der Waals surface area contributed by atoms with E-state index < -0.39 is 0 Å². The third kappa shape index (κ3) is 2.33. The number of hydrogen-bond donors (Lipinski definition) is 1. The summed E-state index contributed by atoms with van der Waals surface area (Å²) in [7, 11) is 0. The number of hydrogen-bond acceptors (Lipinski definition) is 4. The van der Waals surface area contributed by atoms with Crippen LogP contribution in [0.3, 0.4) is 0 Å². The summed E-state index contributed by atoms with van der Waals surface area (Å²) in [5.41, 5.74) is 6.83. The molecule has 2 rings (SSSR count). The summed E-state index contributed by atoms with van der Waals surface area (Å²) in [6, 6.07) is 3.96. The van der Waals surface area contributed by atoms with Crippen molar-refractivity contribution >= 4 is 5.82 Å². The molecule has 1 saturated heterocycles. The lowest BCUT2D eigenvalue weighted by Crippen LogP contribution is -2.46. The maximum atomic E-state index is 5.73. The molecular weight excluding hydrogens is 202 g/mol. The van der Waals surface area contributed by atoms with E-state index in [1.54, 1.807) is 0 Å². The number of nitrogens with two attached hydrogens (primary N) is 1. The van der Waals surface area contributed by atoms with Crippen LogP contribution in [0.4, 0.5) is 5.82 Å². The van der Waals surface area contributed by atoms with Crippen LogP contribution in [0.25, 0.3) is 0 Å². The molecule has 1 aromatic rings. The number of nitrogens with zero attached hydrogens (tertiary/aromatic N) is 2. The van der Waals surface area contributed by atoms with Gasteiger partial charge in [-0.25, -0.2) is 4.98 Å². The third-order valence-corrected chi connectivity index (χ3v) is 2.81. The Bertz CT molecular complexity index is 346. The zero-order valence-electron chi connectivity index (χ0n) is 9.89. The molecule has 1 fully saturated rings. The SMILES string of the molecule is CC1CN(c2ncccc2CN)CC(C)O1. The first-order valence-electron chi connectivity index (χ1n) is 5.75. The van der Waals surface area contributed by atoms with Crippen LogP contribution < -0.4 is 10.6 Å². The molecule has 0 aromatic carbocycles. The lowest BCUT2D eigenvalue weighted by Gasteiger charge is -2.36. The van der Waals surface area contributed by atoms with Crippen molar-refractivity contribution < 1.29 is 4.74 Å². The van der Waals surface area contributed by atoms with Crippen molar-refractivity contribution in [1.82, 2.24) is 4.98 Å². The van der Waals surface area contributed by atoms with Gasteiger partial charge in [-0.15, -0.1) is 0 Å². The van der Waals surface area contributed by atoms with E-state index in [4.69, 9.17) is 10.5 Å². The second-order valence-corrected chi connectivity index (χ2v) is 4.35. The molecule has 1 aromatic heterocycles. The van der Waals surface area contributed by atoms with E-state index in [-0.39, 0.29) is 12.2 Å². The van der Waals surface area contributed by atoms with E-state index in [1.165, 1.54) is 0 Å². The maximum absolute atomic E-state index is 5.73. The lowest BCUT2D eigenvalue weighted by atomic mass is 10.2. The topological polar surface area (TPSA) is 51.4 Å². The van der Waals surface area contributed by atoms with Gasteiger partial charge in [-0.05, 0) is 19.9 Å². The maximum Gasteiger partial charge on any atom is 0.133 e. The van der Waals surface area contributed by atoms with Gasteiger partial charge >= 0.3 is 0 Å². The number of anilines is 1. The second-order valence-electron chi connectivity index (χ2n) is 4.35. The Morgan fingerprint density at radius 3 is 2.75 bits per heavy atom. The van der Waals surface area contributed by atoms with Gasteiger partial charge in [0.1, 0.15) is 5.82 Å². The van der Waals surface area contributed by atoms with E-state index in [9.17, 15) is 0 Å². The van der Waals surface area contributed by atoms with Gasteiger partial charge in [0.05, 0.1) is 12.2 Å². The van der Waals surface area contributed by atoms with Crippen molar-refractivity contribution in [3.05, 3.63) is 23.9 Å². The summed E-state index contributed by atoms with van der Waals surface area (Å²) in [4.78, 5) is 6.70. The van der Waals surface area contributed by atoms with Crippen LogP contribution in [0.2, 0.25) is 0 Å². The first-order chi connectivity index (χ1) is 7.70. The van der Waals surface area contributed by atoms with Gasteiger partial charge in [0.2, 0.25) is 0 Å². The lowest BCUT2D eigenvalue weighted by molar-refractivity contribution is -0.00550. The van der Waals surface area contributed by atoms with Gasteiger partial charge in [-0.3, -0.25) is 0 Å². The van der Waals surface area contributed by atoms with Gasteiger partial charge in [-0.1, -0.05) is 6.07 Å². The average Bonchev–Trinajstić information content (AvgIpc) is 2.27. The van der Waals surface area contributed by atoms with Crippen molar-refractivity contribution in [2.75, 3.05) is 18.0 Å². The molecule has 4 heteroatoms. The van der Waals surface area contributed by atoms with Gasteiger partial charge in [0.15, 0.2) is 0 Å². The van der Waals surface area contributed by atoms with Crippen molar-refractivity contribution in [2.24, 2.45) is 5.73 Å². The van der Waals surface area contributed by atoms with E-state index >= 15 is 0 Å². The van der Waals surface area contributed by atoms with Gasteiger partial charge in [-0.2, -0.15) is 0 Å². The smallest absolute Gasteiger partial charge is 0.133 e. The van der Waals surface area contributed by atoms with Crippen molar-refractivity contribution in [3.8, 4) is 0 Å². The fourth-order valence-corrected chi connectivity index (χ4v) is 2.23. The first-order valence-corrected chi connectivity index (χ1v) is 5.75. The largest absolute Gasteiger partial charge is 0.372 e. The van der Waals surface area contributed by atoms with Crippen molar-refractivity contribution in [1.29, 1.82) is 0 Å². The van der Waals surface area contributed by atoms with E-state index in [0.29, 0.717) is 6.54 Å². The minimum absolute atomic E-state index is 0.247. The fraction of sp³-hybridized carbons (Fsp3) is 0.583. The number of aromatic nitrogens is 1. The highest BCUT2D eigenvalue weighted by atomic mass is 16.5. The molecule has 2 heterocycles. The summed E-state index contributed by atoms with van der Waals surface area (Å²) in [5, 5.41) is 0. The van der Waals surface area contributed by atoms with Crippen molar-refractivity contribution in [3.63, 3.8) is 0 Å². The predicted octanol–water partition coefficient (Wildman–Crippen LogP) is 1.15. The third-order valence-electron chi connectivity index (χ3n) is 2.81. The normalized spacial score (nSPS) is 25.8. The Morgan fingerprint density at radius 1 is 1.44 bits per heavy atom. The predicted molar refractivity (Wildman–Crippen MR) is 64.4 cm³/mol. The van der Waals surface area contributed by atoms with Crippen LogP contribution in [0.15, 0.2) is 18.3 Å². The zero-order valence-corrected chi connectivity index (χ0v) is 9.89. The second kappa shape index (κ2) is 4.80. The molecule has 1 aliphatic heterocycles. The van der Waals surface area contributed by atoms with Crippen LogP contribution in [-0.4, -0.2) is 30.3 Å². The quantitative estimate of drug-likeness (QED) is 0.814. The molecule has 0 radical (unpaired) electrons. The molecule has 2 atom stereocenters. The Labute approximate surface area is 96.4 Å². The molecule has 0 amide bonds. The zero-order chi connectivity index (χ0) is 11.5. The summed E-state index contributed by atoms with van der Waals surface area (Å²) in [5.74, 6) is 1.01. The first kappa shape index (κ1) is 11.4. The highest BCUT2D eigenvalue weighted by molar-refractivity contribution is 5.47.